The van der Waals surface area contributed by atoms with E-state index in [4.69, 9.17) is 0 Å². The topological polar surface area (TPSA) is 24.7 Å². The normalized spacial score (nSPS) is 14.1. The quantitative estimate of drug-likeness (QED) is 0.561. The standard InChI is InChI=1S/C19H18N2/c1-20-18-12-8-16(9-13-18)6-4-3-5-7-17-10-14-19(21-2)15-11-17/h3-15H,1H2,2H3/b5-3+,6-4+,17-7?,21-19?. The highest BCUT2D eigenvalue weighted by Crippen LogP contribution is 2.13. The average molecular weight is 274 g/mol. The summed E-state index contributed by atoms with van der Waals surface area (Å²) < 4.78 is 0. The molecule has 1 aromatic rings. The summed E-state index contributed by atoms with van der Waals surface area (Å²) in [6.45, 7) is 3.50. The summed E-state index contributed by atoms with van der Waals surface area (Å²) in [7, 11) is 1.79. The van der Waals surface area contributed by atoms with E-state index in [2.05, 4.69) is 41.0 Å². The maximum atomic E-state index is 4.11. The van der Waals surface area contributed by atoms with Crippen LogP contribution in [0.15, 0.2) is 88.4 Å². The molecule has 0 spiro atoms. The van der Waals surface area contributed by atoms with Crippen LogP contribution in [0.5, 0.6) is 0 Å². The number of hydrogen-bond donors (Lipinski definition) is 0. The van der Waals surface area contributed by atoms with Gasteiger partial charge in [0.2, 0.25) is 0 Å². The van der Waals surface area contributed by atoms with Gasteiger partial charge in [-0.2, -0.15) is 0 Å². The Labute approximate surface area is 126 Å². The van der Waals surface area contributed by atoms with Crippen molar-refractivity contribution < 1.29 is 0 Å². The summed E-state index contributed by atoms with van der Waals surface area (Å²) in [5.74, 6) is 0. The van der Waals surface area contributed by atoms with E-state index in [1.807, 2.05) is 54.6 Å². The minimum atomic E-state index is 0.887. The first-order valence-electron chi connectivity index (χ1n) is 6.76. The van der Waals surface area contributed by atoms with Crippen molar-refractivity contribution in [2.45, 2.75) is 0 Å². The number of nitrogens with zero attached hydrogens (tertiary/aromatic N) is 2. The van der Waals surface area contributed by atoms with Gasteiger partial charge in [0.05, 0.1) is 11.4 Å². The first kappa shape index (κ1) is 14.7. The Balaban J connectivity index is 1.92. The van der Waals surface area contributed by atoms with Crippen molar-refractivity contribution in [1.29, 1.82) is 0 Å². The van der Waals surface area contributed by atoms with Crippen LogP contribution in [-0.2, 0) is 0 Å². The third-order valence-electron chi connectivity index (χ3n) is 3.03. The summed E-state index contributed by atoms with van der Waals surface area (Å²) in [5.41, 5.74) is 4.18. The Hall–Kier alpha value is -2.74. The van der Waals surface area contributed by atoms with Crippen LogP contribution in [0, 0.1) is 0 Å². The van der Waals surface area contributed by atoms with E-state index >= 15 is 0 Å². The Morgan fingerprint density at radius 3 is 2.24 bits per heavy atom. The van der Waals surface area contributed by atoms with Crippen LogP contribution < -0.4 is 0 Å². The van der Waals surface area contributed by atoms with Crippen molar-refractivity contribution in [2.75, 3.05) is 7.05 Å². The molecule has 0 heterocycles. The van der Waals surface area contributed by atoms with Crippen LogP contribution in [0.3, 0.4) is 0 Å². The summed E-state index contributed by atoms with van der Waals surface area (Å²) in [4.78, 5) is 7.98. The first-order valence-corrected chi connectivity index (χ1v) is 6.76. The molecule has 2 rings (SSSR count). The van der Waals surface area contributed by atoms with Gasteiger partial charge in [0.1, 0.15) is 0 Å². The Morgan fingerprint density at radius 2 is 1.62 bits per heavy atom. The number of rotatable bonds is 4. The lowest BCUT2D eigenvalue weighted by molar-refractivity contribution is 1.44. The van der Waals surface area contributed by atoms with E-state index in [0.717, 1.165) is 22.5 Å². The molecule has 0 bridgehead atoms. The molecule has 2 nitrogen and oxygen atoms in total. The molecule has 0 unspecified atom stereocenters. The lowest BCUT2D eigenvalue weighted by Crippen LogP contribution is -1.92. The molecule has 0 amide bonds. The van der Waals surface area contributed by atoms with E-state index in [0.29, 0.717) is 0 Å². The molecular formula is C19H18N2. The van der Waals surface area contributed by atoms with Gasteiger partial charge in [0.15, 0.2) is 0 Å². The minimum Gasteiger partial charge on any atom is -0.289 e. The molecule has 0 fully saturated rings. The maximum Gasteiger partial charge on any atom is 0.0622 e. The van der Waals surface area contributed by atoms with E-state index in [-0.39, 0.29) is 0 Å². The second-order valence-corrected chi connectivity index (χ2v) is 4.48. The van der Waals surface area contributed by atoms with Gasteiger partial charge in [-0.05, 0) is 42.1 Å². The fourth-order valence-corrected chi connectivity index (χ4v) is 1.82. The molecule has 2 heteroatoms. The lowest BCUT2D eigenvalue weighted by Gasteiger charge is -1.99. The van der Waals surface area contributed by atoms with Crippen LogP contribution in [0.25, 0.3) is 6.08 Å². The molecular weight excluding hydrogens is 256 g/mol. The Bertz CT molecular complexity index is 648. The first-order chi connectivity index (χ1) is 10.3. The van der Waals surface area contributed by atoms with E-state index in [1.54, 1.807) is 7.05 Å². The molecule has 0 radical (unpaired) electrons. The van der Waals surface area contributed by atoms with Crippen LogP contribution >= 0.6 is 0 Å². The Morgan fingerprint density at radius 1 is 0.905 bits per heavy atom. The molecule has 21 heavy (non-hydrogen) atoms. The SMILES string of the molecule is C=Nc1ccc(/C=C/C=C/C=C2C=CC(=NC)C=C2)cc1. The second kappa shape index (κ2) is 7.75. The predicted molar refractivity (Wildman–Crippen MR) is 93.5 cm³/mol. The van der Waals surface area contributed by atoms with Crippen molar-refractivity contribution in [3.63, 3.8) is 0 Å². The minimum absolute atomic E-state index is 0.887. The van der Waals surface area contributed by atoms with Gasteiger partial charge in [-0.25, -0.2) is 0 Å². The smallest absolute Gasteiger partial charge is 0.0622 e. The van der Waals surface area contributed by atoms with Gasteiger partial charge >= 0.3 is 0 Å². The third-order valence-corrected chi connectivity index (χ3v) is 3.03. The number of aliphatic imine (C=N–C) groups is 2. The van der Waals surface area contributed by atoms with Gasteiger partial charge in [-0.3, -0.25) is 9.98 Å². The largest absolute Gasteiger partial charge is 0.289 e. The predicted octanol–water partition coefficient (Wildman–Crippen LogP) is 4.71. The molecule has 1 aliphatic rings. The third kappa shape index (κ3) is 4.69. The molecule has 104 valence electrons. The average Bonchev–Trinajstić information content (AvgIpc) is 2.55. The van der Waals surface area contributed by atoms with Crippen LogP contribution in [-0.4, -0.2) is 19.5 Å². The van der Waals surface area contributed by atoms with Crippen molar-refractivity contribution in [3.05, 3.63) is 84.0 Å². The van der Waals surface area contributed by atoms with Gasteiger partial charge in [0.25, 0.3) is 0 Å². The summed E-state index contributed by atoms with van der Waals surface area (Å²) >= 11 is 0. The maximum absolute atomic E-state index is 4.11. The highest BCUT2D eigenvalue weighted by atomic mass is 14.7. The number of hydrogen-bond acceptors (Lipinski definition) is 2. The number of benzene rings is 1. The van der Waals surface area contributed by atoms with Crippen LogP contribution in [0.1, 0.15) is 5.56 Å². The summed E-state index contributed by atoms with van der Waals surface area (Å²) in [6, 6.07) is 7.93. The lowest BCUT2D eigenvalue weighted by atomic mass is 10.1. The fraction of sp³-hybridized carbons (Fsp3) is 0.0526. The fourth-order valence-electron chi connectivity index (χ4n) is 1.82. The highest BCUT2D eigenvalue weighted by Gasteiger charge is 1.94. The van der Waals surface area contributed by atoms with Crippen LogP contribution in [0.2, 0.25) is 0 Å². The highest BCUT2D eigenvalue weighted by molar-refractivity contribution is 6.05. The van der Waals surface area contributed by atoms with Gasteiger partial charge in [0, 0.05) is 7.05 Å². The molecule has 1 aliphatic carbocycles. The summed E-state index contributed by atoms with van der Waals surface area (Å²) in [5, 5.41) is 0. The van der Waals surface area contributed by atoms with E-state index in [9.17, 15) is 0 Å². The second-order valence-electron chi connectivity index (χ2n) is 4.48. The zero-order chi connectivity index (χ0) is 14.9. The zero-order valence-corrected chi connectivity index (χ0v) is 12.1. The van der Waals surface area contributed by atoms with E-state index in [1.165, 1.54) is 0 Å². The molecule has 0 atom stereocenters. The van der Waals surface area contributed by atoms with E-state index < -0.39 is 0 Å². The molecule has 0 saturated carbocycles. The van der Waals surface area contributed by atoms with Gasteiger partial charge in [-0.15, -0.1) is 0 Å². The molecule has 0 aliphatic heterocycles. The molecule has 0 aromatic heterocycles. The van der Waals surface area contributed by atoms with Crippen molar-refractivity contribution in [1.82, 2.24) is 0 Å². The van der Waals surface area contributed by atoms with Crippen LogP contribution in [0.4, 0.5) is 5.69 Å². The monoisotopic (exact) mass is 274 g/mol. The zero-order valence-electron chi connectivity index (χ0n) is 12.1. The molecule has 0 saturated heterocycles. The van der Waals surface area contributed by atoms with Crippen molar-refractivity contribution >= 4 is 24.2 Å². The Kier molecular flexibility index (Phi) is 5.41. The summed E-state index contributed by atoms with van der Waals surface area (Å²) in [6.07, 6.45) is 18.3. The van der Waals surface area contributed by atoms with Gasteiger partial charge in [-0.1, -0.05) is 54.7 Å². The van der Waals surface area contributed by atoms with Gasteiger partial charge < -0.3 is 0 Å². The molecule has 1 aromatic carbocycles. The van der Waals surface area contributed by atoms with Crippen molar-refractivity contribution in [3.8, 4) is 0 Å². The molecule has 0 N–H and O–H groups in total. The number of allylic oxidation sites excluding steroid dienone is 9. The van der Waals surface area contributed by atoms with Crippen molar-refractivity contribution in [2.24, 2.45) is 9.98 Å².